The second-order valence-electron chi connectivity index (χ2n) is 4.43. The molecule has 2 aromatic rings. The van der Waals surface area contributed by atoms with E-state index in [1.54, 1.807) is 25.3 Å². The molecular weight excluding hydrogens is 268 g/mol. The van der Waals surface area contributed by atoms with E-state index in [0.29, 0.717) is 36.0 Å². The van der Waals surface area contributed by atoms with Gasteiger partial charge in [-0.15, -0.1) is 0 Å². The van der Waals surface area contributed by atoms with Gasteiger partial charge in [0.2, 0.25) is 0 Å². The number of hydrogen-bond donors (Lipinski definition) is 0. The summed E-state index contributed by atoms with van der Waals surface area (Å²) in [7, 11) is 1.60. The number of benzene rings is 2. The molecule has 0 saturated carbocycles. The predicted octanol–water partition coefficient (Wildman–Crippen LogP) is 3.36. The first-order valence-electron chi connectivity index (χ1n) is 6.70. The minimum absolute atomic E-state index is 0.0192. The summed E-state index contributed by atoms with van der Waals surface area (Å²) in [6, 6.07) is 14.6. The SMILES string of the molecule is COc1ccccc1OCCOc1cccc(C(C)=O)c1. The van der Waals surface area contributed by atoms with E-state index >= 15 is 0 Å². The molecule has 4 heteroatoms. The van der Waals surface area contributed by atoms with Crippen LogP contribution in [0.25, 0.3) is 0 Å². The number of ketones is 1. The van der Waals surface area contributed by atoms with Crippen LogP contribution in [0.2, 0.25) is 0 Å². The van der Waals surface area contributed by atoms with Crippen LogP contribution < -0.4 is 14.2 Å². The molecule has 110 valence electrons. The topological polar surface area (TPSA) is 44.8 Å². The minimum Gasteiger partial charge on any atom is -0.493 e. The van der Waals surface area contributed by atoms with Crippen LogP contribution >= 0.6 is 0 Å². The van der Waals surface area contributed by atoms with Gasteiger partial charge in [-0.3, -0.25) is 4.79 Å². The molecule has 0 spiro atoms. The number of hydrogen-bond acceptors (Lipinski definition) is 4. The van der Waals surface area contributed by atoms with Crippen LogP contribution in [-0.4, -0.2) is 26.1 Å². The van der Waals surface area contributed by atoms with Crippen molar-refractivity contribution < 1.29 is 19.0 Å². The van der Waals surface area contributed by atoms with Crippen LogP contribution in [0.4, 0.5) is 0 Å². The summed E-state index contributed by atoms with van der Waals surface area (Å²) in [6.45, 7) is 2.31. The summed E-state index contributed by atoms with van der Waals surface area (Å²) in [5, 5.41) is 0. The highest BCUT2D eigenvalue weighted by Gasteiger charge is 2.03. The molecule has 0 atom stereocenters. The van der Waals surface area contributed by atoms with Gasteiger partial charge in [-0.05, 0) is 31.2 Å². The second-order valence-corrected chi connectivity index (χ2v) is 4.43. The molecule has 2 rings (SSSR count). The third kappa shape index (κ3) is 4.24. The normalized spacial score (nSPS) is 10.0. The molecule has 2 aromatic carbocycles. The molecule has 0 aliphatic heterocycles. The zero-order valence-corrected chi connectivity index (χ0v) is 12.2. The Kier molecular flexibility index (Phi) is 5.21. The van der Waals surface area contributed by atoms with Gasteiger partial charge in [0.15, 0.2) is 17.3 Å². The van der Waals surface area contributed by atoms with Crippen molar-refractivity contribution in [2.24, 2.45) is 0 Å². The lowest BCUT2D eigenvalue weighted by atomic mass is 10.1. The van der Waals surface area contributed by atoms with Crippen molar-refractivity contribution in [3.63, 3.8) is 0 Å². The molecule has 0 heterocycles. The summed E-state index contributed by atoms with van der Waals surface area (Å²) in [5.41, 5.74) is 0.637. The van der Waals surface area contributed by atoms with E-state index in [2.05, 4.69) is 0 Å². The van der Waals surface area contributed by atoms with Crippen LogP contribution in [0.1, 0.15) is 17.3 Å². The Morgan fingerprint density at radius 2 is 1.67 bits per heavy atom. The lowest BCUT2D eigenvalue weighted by molar-refractivity contribution is 0.101. The molecular formula is C17H18O4. The molecule has 0 aliphatic carbocycles. The molecule has 21 heavy (non-hydrogen) atoms. The smallest absolute Gasteiger partial charge is 0.161 e. The van der Waals surface area contributed by atoms with Crippen molar-refractivity contribution in [1.82, 2.24) is 0 Å². The second kappa shape index (κ2) is 7.33. The van der Waals surface area contributed by atoms with Gasteiger partial charge in [0, 0.05) is 5.56 Å². The Hall–Kier alpha value is -2.49. The Labute approximate surface area is 124 Å². The highest BCUT2D eigenvalue weighted by Crippen LogP contribution is 2.25. The molecule has 0 radical (unpaired) electrons. The van der Waals surface area contributed by atoms with Crippen molar-refractivity contribution in [2.75, 3.05) is 20.3 Å². The molecule has 0 amide bonds. The number of methoxy groups -OCH3 is 1. The third-order valence-corrected chi connectivity index (χ3v) is 2.92. The van der Waals surface area contributed by atoms with Gasteiger partial charge < -0.3 is 14.2 Å². The molecule has 4 nitrogen and oxygen atoms in total. The number of rotatable bonds is 7. The van der Waals surface area contributed by atoms with Crippen molar-refractivity contribution in [2.45, 2.75) is 6.92 Å². The van der Waals surface area contributed by atoms with Crippen molar-refractivity contribution in [3.8, 4) is 17.2 Å². The summed E-state index contributed by atoms with van der Waals surface area (Å²) in [5.74, 6) is 2.05. The largest absolute Gasteiger partial charge is 0.493 e. The number of carbonyl (C=O) groups excluding carboxylic acids is 1. The van der Waals surface area contributed by atoms with Crippen LogP contribution in [0.5, 0.6) is 17.2 Å². The molecule has 0 aliphatic rings. The number of para-hydroxylation sites is 2. The first-order chi connectivity index (χ1) is 10.2. The maximum absolute atomic E-state index is 11.3. The van der Waals surface area contributed by atoms with Crippen molar-refractivity contribution in [1.29, 1.82) is 0 Å². The van der Waals surface area contributed by atoms with Crippen LogP contribution in [-0.2, 0) is 0 Å². The lowest BCUT2D eigenvalue weighted by Crippen LogP contribution is -2.09. The van der Waals surface area contributed by atoms with Gasteiger partial charge in [-0.25, -0.2) is 0 Å². The molecule has 0 unspecified atom stereocenters. The summed E-state index contributed by atoms with van der Waals surface area (Å²) in [4.78, 5) is 11.3. The monoisotopic (exact) mass is 286 g/mol. The van der Waals surface area contributed by atoms with E-state index in [9.17, 15) is 4.79 Å². The van der Waals surface area contributed by atoms with Gasteiger partial charge >= 0.3 is 0 Å². The third-order valence-electron chi connectivity index (χ3n) is 2.92. The number of carbonyl (C=O) groups is 1. The zero-order chi connectivity index (χ0) is 15.1. The standard InChI is InChI=1S/C17H18O4/c1-13(18)14-6-5-7-15(12-14)20-10-11-21-17-9-4-3-8-16(17)19-2/h3-9,12H,10-11H2,1-2H3. The Morgan fingerprint density at radius 1 is 0.952 bits per heavy atom. The molecule has 0 aromatic heterocycles. The van der Waals surface area contributed by atoms with E-state index in [0.717, 1.165) is 0 Å². The summed E-state index contributed by atoms with van der Waals surface area (Å²) in [6.07, 6.45) is 0. The lowest BCUT2D eigenvalue weighted by Gasteiger charge is -2.11. The van der Waals surface area contributed by atoms with Gasteiger partial charge in [0.1, 0.15) is 19.0 Å². The van der Waals surface area contributed by atoms with E-state index < -0.39 is 0 Å². The quantitative estimate of drug-likeness (QED) is 0.578. The maximum atomic E-state index is 11.3. The fourth-order valence-corrected chi connectivity index (χ4v) is 1.85. The summed E-state index contributed by atoms with van der Waals surface area (Å²) >= 11 is 0. The predicted molar refractivity (Wildman–Crippen MR) is 80.4 cm³/mol. The first kappa shape index (κ1) is 14.9. The average Bonchev–Trinajstić information content (AvgIpc) is 2.52. The van der Waals surface area contributed by atoms with E-state index in [4.69, 9.17) is 14.2 Å². The van der Waals surface area contributed by atoms with E-state index in [-0.39, 0.29) is 5.78 Å². The highest BCUT2D eigenvalue weighted by molar-refractivity contribution is 5.94. The van der Waals surface area contributed by atoms with Crippen LogP contribution in [0.3, 0.4) is 0 Å². The summed E-state index contributed by atoms with van der Waals surface area (Å²) < 4.78 is 16.4. The zero-order valence-electron chi connectivity index (χ0n) is 12.2. The molecule has 0 bridgehead atoms. The number of Topliss-reactive ketones (excluding diaryl/α,β-unsaturated/α-hetero) is 1. The van der Waals surface area contributed by atoms with Gasteiger partial charge in [-0.2, -0.15) is 0 Å². The minimum atomic E-state index is 0.0192. The number of ether oxygens (including phenoxy) is 3. The Morgan fingerprint density at radius 3 is 2.38 bits per heavy atom. The molecule has 0 N–H and O–H groups in total. The van der Waals surface area contributed by atoms with E-state index in [1.807, 2.05) is 30.3 Å². The van der Waals surface area contributed by atoms with Gasteiger partial charge in [0.05, 0.1) is 7.11 Å². The molecule has 0 fully saturated rings. The van der Waals surface area contributed by atoms with Crippen molar-refractivity contribution >= 4 is 5.78 Å². The molecule has 0 saturated heterocycles. The van der Waals surface area contributed by atoms with Gasteiger partial charge in [0.25, 0.3) is 0 Å². The highest BCUT2D eigenvalue weighted by atomic mass is 16.5. The maximum Gasteiger partial charge on any atom is 0.161 e. The fourth-order valence-electron chi connectivity index (χ4n) is 1.85. The van der Waals surface area contributed by atoms with Crippen LogP contribution in [0, 0.1) is 0 Å². The first-order valence-corrected chi connectivity index (χ1v) is 6.70. The van der Waals surface area contributed by atoms with E-state index in [1.165, 1.54) is 6.92 Å². The van der Waals surface area contributed by atoms with Gasteiger partial charge in [-0.1, -0.05) is 24.3 Å². The fraction of sp³-hybridized carbons (Fsp3) is 0.235. The Balaban J connectivity index is 1.85. The average molecular weight is 286 g/mol. The van der Waals surface area contributed by atoms with Crippen LogP contribution in [0.15, 0.2) is 48.5 Å². The Bertz CT molecular complexity index is 607. The van der Waals surface area contributed by atoms with Crippen molar-refractivity contribution in [3.05, 3.63) is 54.1 Å².